The first-order valence-corrected chi connectivity index (χ1v) is 45.1. The maximum absolute atomic E-state index is 11.7. The first kappa shape index (κ1) is 113. The lowest BCUT2D eigenvalue weighted by atomic mass is 10.00. The van der Waals surface area contributed by atoms with E-state index in [2.05, 4.69) is 33.0 Å². The average Bonchev–Trinajstić information content (AvgIpc) is 1.07. The number of hydrogen-bond acceptors (Lipinski definition) is 13. The lowest BCUT2D eigenvalue weighted by Gasteiger charge is -2.07. The van der Waals surface area contributed by atoms with E-state index >= 15 is 0 Å². The summed E-state index contributed by atoms with van der Waals surface area (Å²) < 4.78 is 5.52. The molecule has 14 heteroatoms. The molecule has 0 saturated heterocycles. The molecule has 0 spiro atoms. The number of rotatable bonds is 71. The van der Waals surface area contributed by atoms with E-state index in [1.807, 2.05) is 111 Å². The van der Waals surface area contributed by atoms with Crippen LogP contribution >= 0.6 is 0 Å². The number of unbranched alkanes of at least 4 members (excludes halogenated alkanes) is 29. The van der Waals surface area contributed by atoms with Crippen molar-refractivity contribution in [3.63, 3.8) is 0 Å². The third kappa shape index (κ3) is 89.2. The summed E-state index contributed by atoms with van der Waals surface area (Å²) in [7, 11) is 0. The molecular formula is C95H177NO13. The molecule has 109 heavy (non-hydrogen) atoms. The molecule has 640 valence electrons. The van der Waals surface area contributed by atoms with Gasteiger partial charge in [0.2, 0.25) is 5.91 Å². The van der Waals surface area contributed by atoms with Crippen LogP contribution in [0.15, 0.2) is 0 Å². The Labute approximate surface area is 672 Å². The summed E-state index contributed by atoms with van der Waals surface area (Å²) in [5.41, 5.74) is 0. The molecule has 1 N–H and O–H groups in total. The van der Waals surface area contributed by atoms with E-state index in [1.54, 1.807) is 0 Å². The smallest absolute Gasteiger partial charge is 0.219 e. The van der Waals surface area contributed by atoms with Gasteiger partial charge in [-0.25, -0.2) is 0 Å². The van der Waals surface area contributed by atoms with Crippen LogP contribution in [0.3, 0.4) is 0 Å². The Hall–Kier alpha value is -4.20. The molecule has 0 atom stereocenters. The Morgan fingerprint density at radius 1 is 0.202 bits per heavy atom. The van der Waals surface area contributed by atoms with E-state index < -0.39 is 0 Å². The molecule has 0 unspecified atom stereocenters. The number of Topliss-reactive ketones (excluding diaryl/α,β-unsaturated/α-hetero) is 11. The van der Waals surface area contributed by atoms with Crippen LogP contribution < -0.4 is 5.32 Å². The predicted octanol–water partition coefficient (Wildman–Crippen LogP) is 25.5. The molecule has 0 saturated carbocycles. The van der Waals surface area contributed by atoms with Crippen molar-refractivity contribution >= 4 is 69.5 Å². The van der Waals surface area contributed by atoms with Gasteiger partial charge in [-0.15, -0.1) is 0 Å². The minimum atomic E-state index is 0.0374. The van der Waals surface area contributed by atoms with E-state index in [0.717, 1.165) is 174 Å². The molecule has 0 aromatic heterocycles. The normalized spacial score (nSPS) is 11.2. The number of hydrogen-bond donors (Lipinski definition) is 1. The lowest BCUT2D eigenvalue weighted by molar-refractivity contribution is -0.126. The standard InChI is InChI=1S/C21H38O3.C20H38O3.C19H37NO2.C19H34O3.C16H30O2/c1-17(2)20(23)14-12-10-8-6-5-7-9-11-13-19(22)15-16-21(24)18(3)4;1-17(2)20(22)15-14-19(21)13-11-9-7-5-6-8-10-12-16-23-18(3)4;1-16(2)12-11-15-20-19(22)14-10-8-6-5-7-9-13-18(21)17(3)4;1-15(2)18(21)12-10-8-6-5-7-9-11-17(20)13-14-19(22)16(3)4;1-13(2)15(17)11-9-7-5-6-8-10-12-16(18)14(3)4/h17-18H,5-16H2,1-4H3;17-18H,5-16H2,1-4H3;16-17H,5-15H2,1-4H3,(H,20,22);15-16H,5-14H2,1-4H3;13-14H,5-12H2,1-4H3. The van der Waals surface area contributed by atoms with Crippen LogP contribution in [0.5, 0.6) is 0 Å². The van der Waals surface area contributed by atoms with Crippen molar-refractivity contribution < 1.29 is 62.3 Å². The Morgan fingerprint density at radius 2 is 0.385 bits per heavy atom. The predicted molar refractivity (Wildman–Crippen MR) is 458 cm³/mol. The van der Waals surface area contributed by atoms with Gasteiger partial charge >= 0.3 is 0 Å². The molecule has 0 aliphatic rings. The summed E-state index contributed by atoms with van der Waals surface area (Å²) in [6.45, 7) is 41.2. The third-order valence-electron chi connectivity index (χ3n) is 20.1. The Bertz CT molecular complexity index is 2260. The second kappa shape index (κ2) is 80.4. The molecule has 14 nitrogen and oxygen atoms in total. The topological polar surface area (TPSA) is 226 Å². The third-order valence-corrected chi connectivity index (χ3v) is 20.1. The molecule has 0 fully saturated rings. The zero-order chi connectivity index (χ0) is 83.6. The molecule has 0 aliphatic heterocycles. The fourth-order valence-corrected chi connectivity index (χ4v) is 11.7. The Balaban J connectivity index is -0.000000415. The molecule has 0 aromatic rings. The molecule has 0 radical (unpaired) electrons. The SMILES string of the molecule is CC(C)C(=O)CCCCCCCCC(=O)C(C)C.CC(C)C(=O)CCCCCCCCC(=O)CCC(=O)C(C)C.CC(C)C(=O)CCCCCCCCCCC(=O)CCC(=O)C(C)C.CC(C)CCCNC(=O)CCCCCCCCC(=O)C(C)C.CC(C)OCCCCCCCCCCC(=O)CCC(=O)C(C)C. The number of ketones is 11. The van der Waals surface area contributed by atoms with Crippen molar-refractivity contribution in [2.24, 2.45) is 53.3 Å². The number of carbonyl (C=O) groups is 12. The van der Waals surface area contributed by atoms with Gasteiger partial charge < -0.3 is 10.1 Å². The van der Waals surface area contributed by atoms with Crippen LogP contribution in [0.25, 0.3) is 0 Å². The minimum Gasteiger partial charge on any atom is -0.379 e. The highest BCUT2D eigenvalue weighted by atomic mass is 16.5. The summed E-state index contributed by atoms with van der Waals surface area (Å²) in [6, 6.07) is 0. The molecular weight excluding hydrogens is 1360 g/mol. The van der Waals surface area contributed by atoms with Crippen LogP contribution in [0.2, 0.25) is 0 Å². The summed E-state index contributed by atoms with van der Waals surface area (Å²) in [4.78, 5) is 138. The maximum Gasteiger partial charge on any atom is 0.219 e. The second-order valence-corrected chi connectivity index (χ2v) is 34.7. The highest BCUT2D eigenvalue weighted by Crippen LogP contribution is 2.19. The highest BCUT2D eigenvalue weighted by Gasteiger charge is 2.15. The van der Waals surface area contributed by atoms with Crippen LogP contribution in [0, 0.1) is 53.3 Å². The monoisotopic (exact) mass is 1540 g/mol. The number of nitrogens with one attached hydrogen (secondary N) is 1. The molecule has 0 bridgehead atoms. The van der Waals surface area contributed by atoms with Crippen LogP contribution in [0.4, 0.5) is 0 Å². The summed E-state index contributed by atoms with van der Waals surface area (Å²) in [6.07, 6.45) is 49.8. The van der Waals surface area contributed by atoms with Gasteiger partial charge in [0.1, 0.15) is 63.6 Å². The zero-order valence-corrected chi connectivity index (χ0v) is 75.1. The van der Waals surface area contributed by atoms with Crippen molar-refractivity contribution in [2.45, 2.75) is 472 Å². The fraction of sp³-hybridized carbons (Fsp3) is 0.874. The van der Waals surface area contributed by atoms with Gasteiger partial charge in [-0.1, -0.05) is 279 Å². The molecule has 0 aliphatic carbocycles. The van der Waals surface area contributed by atoms with Gasteiger partial charge in [-0.3, -0.25) is 57.5 Å². The average molecular weight is 1540 g/mol. The van der Waals surface area contributed by atoms with E-state index in [9.17, 15) is 57.5 Å². The van der Waals surface area contributed by atoms with E-state index in [1.165, 1.54) is 96.3 Å². The van der Waals surface area contributed by atoms with Crippen LogP contribution in [0.1, 0.15) is 466 Å². The summed E-state index contributed by atoms with van der Waals surface area (Å²) in [5, 5.41) is 3.00. The quantitative estimate of drug-likeness (QED) is 0.0560. The van der Waals surface area contributed by atoms with Crippen molar-refractivity contribution in [3.8, 4) is 0 Å². The Kier molecular flexibility index (Phi) is 83.6. The van der Waals surface area contributed by atoms with Crippen LogP contribution in [-0.4, -0.2) is 88.8 Å². The molecule has 1 amide bonds. The molecule has 0 aromatic carbocycles. The van der Waals surface area contributed by atoms with E-state index in [0.29, 0.717) is 112 Å². The Morgan fingerprint density at radius 3 is 0.587 bits per heavy atom. The van der Waals surface area contributed by atoms with Gasteiger partial charge in [-0.05, 0) is 96.8 Å². The molecule has 0 rings (SSSR count). The molecule has 0 heterocycles. The number of ether oxygens (including phenoxy) is 1. The number of amides is 1. The van der Waals surface area contributed by atoms with E-state index in [4.69, 9.17) is 4.74 Å². The van der Waals surface area contributed by atoms with Crippen molar-refractivity contribution in [1.29, 1.82) is 0 Å². The van der Waals surface area contributed by atoms with Crippen molar-refractivity contribution in [2.75, 3.05) is 13.2 Å². The van der Waals surface area contributed by atoms with Crippen molar-refractivity contribution in [1.82, 2.24) is 5.32 Å². The van der Waals surface area contributed by atoms with Gasteiger partial charge in [0.05, 0.1) is 6.10 Å². The maximum atomic E-state index is 11.7. The second-order valence-electron chi connectivity index (χ2n) is 34.7. The van der Waals surface area contributed by atoms with Crippen molar-refractivity contribution in [3.05, 3.63) is 0 Å². The number of carbonyl (C=O) groups excluding carboxylic acids is 12. The first-order chi connectivity index (χ1) is 51.5. The zero-order valence-electron chi connectivity index (χ0n) is 75.1. The highest BCUT2D eigenvalue weighted by molar-refractivity contribution is 5.88. The first-order valence-electron chi connectivity index (χ1n) is 45.1. The lowest BCUT2D eigenvalue weighted by Crippen LogP contribution is -2.24. The largest absolute Gasteiger partial charge is 0.379 e. The van der Waals surface area contributed by atoms with Gasteiger partial charge in [-0.2, -0.15) is 0 Å². The van der Waals surface area contributed by atoms with Gasteiger partial charge in [0.15, 0.2) is 0 Å². The van der Waals surface area contributed by atoms with Gasteiger partial charge in [0.25, 0.3) is 0 Å². The fourth-order valence-electron chi connectivity index (χ4n) is 11.7. The minimum absolute atomic E-state index is 0.0374. The summed E-state index contributed by atoms with van der Waals surface area (Å²) in [5.74, 6) is 5.14. The van der Waals surface area contributed by atoms with Gasteiger partial charge in [0, 0.05) is 157 Å². The van der Waals surface area contributed by atoms with E-state index in [-0.39, 0.29) is 87.9 Å². The van der Waals surface area contributed by atoms with Crippen LogP contribution in [-0.2, 0) is 62.3 Å². The summed E-state index contributed by atoms with van der Waals surface area (Å²) >= 11 is 0.